The maximum atomic E-state index is 8.38. The summed E-state index contributed by atoms with van der Waals surface area (Å²) in [5.41, 5.74) is 0.733. The molecule has 0 aromatic heterocycles. The molecule has 0 saturated heterocycles. The Morgan fingerprint density at radius 2 is 1.78 bits per heavy atom. The van der Waals surface area contributed by atoms with Gasteiger partial charge in [-0.25, -0.2) is 0 Å². The molecule has 1 nitrogen and oxygen atoms in total. The molecule has 0 aliphatic heterocycles. The van der Waals surface area contributed by atoms with Crippen molar-refractivity contribution in [1.29, 1.82) is 5.26 Å². The molecule has 0 spiro atoms. The van der Waals surface area contributed by atoms with Crippen LogP contribution in [0.2, 0.25) is 0 Å². The van der Waals surface area contributed by atoms with Crippen molar-refractivity contribution < 1.29 is 0 Å². The van der Waals surface area contributed by atoms with Gasteiger partial charge >= 0.3 is 62.4 Å². The Hall–Kier alpha value is -0.732. The summed E-state index contributed by atoms with van der Waals surface area (Å²) >= 11 is 1.58. The Bertz CT molecular complexity index is 232. The molecular formula is C7H6AsN. The average Bonchev–Trinajstić information content (AvgIpc) is 1.90. The van der Waals surface area contributed by atoms with Crippen LogP contribution in [-0.4, -0.2) is 16.9 Å². The van der Waals surface area contributed by atoms with Crippen molar-refractivity contribution in [3.8, 4) is 6.07 Å². The van der Waals surface area contributed by atoms with Crippen LogP contribution in [0.3, 0.4) is 0 Å². The van der Waals surface area contributed by atoms with E-state index in [2.05, 4.69) is 6.07 Å². The molecule has 1 unspecified atom stereocenters. The predicted molar refractivity (Wildman–Crippen MR) is 39.3 cm³/mol. The van der Waals surface area contributed by atoms with E-state index in [0.717, 1.165) is 5.56 Å². The van der Waals surface area contributed by atoms with Crippen LogP contribution in [0.1, 0.15) is 5.56 Å². The van der Waals surface area contributed by atoms with Crippen molar-refractivity contribution in [1.82, 2.24) is 0 Å². The van der Waals surface area contributed by atoms with Gasteiger partial charge in [-0.15, -0.1) is 0 Å². The molecule has 1 aromatic carbocycles. The molecule has 1 atom stereocenters. The zero-order valence-corrected chi connectivity index (χ0v) is 7.26. The van der Waals surface area contributed by atoms with E-state index in [9.17, 15) is 0 Å². The summed E-state index contributed by atoms with van der Waals surface area (Å²) in [5, 5.41) is 8.38. The maximum absolute atomic E-state index is 8.38. The van der Waals surface area contributed by atoms with Crippen molar-refractivity contribution in [2.75, 3.05) is 0 Å². The van der Waals surface area contributed by atoms with E-state index >= 15 is 0 Å². The fraction of sp³-hybridized carbons (Fsp3) is 0. The van der Waals surface area contributed by atoms with Crippen LogP contribution in [0, 0.1) is 11.3 Å². The third-order valence-corrected chi connectivity index (χ3v) is 1.85. The summed E-state index contributed by atoms with van der Waals surface area (Å²) in [5.74, 6) is 0. The van der Waals surface area contributed by atoms with Crippen molar-refractivity contribution in [2.24, 2.45) is 0 Å². The van der Waals surface area contributed by atoms with Gasteiger partial charge < -0.3 is 0 Å². The molecule has 0 fully saturated rings. The second-order valence-corrected chi connectivity index (χ2v) is 3.13. The molecule has 0 heterocycles. The van der Waals surface area contributed by atoms with Gasteiger partial charge in [0.2, 0.25) is 0 Å². The van der Waals surface area contributed by atoms with Crippen LogP contribution >= 0.6 is 0 Å². The molecule has 0 radical (unpaired) electrons. The molecule has 9 heavy (non-hydrogen) atoms. The first-order valence-corrected chi connectivity index (χ1v) is 3.79. The molecule has 0 aliphatic carbocycles. The molecule has 0 saturated carbocycles. The quantitative estimate of drug-likeness (QED) is 0.506. The van der Waals surface area contributed by atoms with Gasteiger partial charge in [-0.1, -0.05) is 0 Å². The van der Waals surface area contributed by atoms with E-state index in [4.69, 9.17) is 5.26 Å². The van der Waals surface area contributed by atoms with Crippen molar-refractivity contribution >= 4 is 21.2 Å². The number of rotatable bonds is 0. The number of nitriles is 1. The minimum absolute atomic E-state index is 0.733. The van der Waals surface area contributed by atoms with E-state index in [-0.39, 0.29) is 0 Å². The third-order valence-electron chi connectivity index (χ3n) is 1.04. The van der Waals surface area contributed by atoms with Crippen LogP contribution in [0.15, 0.2) is 24.3 Å². The molecule has 1 rings (SSSR count). The standard InChI is InChI=1S/C7H6AsN/c8-7-3-1-6(5-9)2-4-7/h1-4H,8H2. The van der Waals surface area contributed by atoms with E-state index < -0.39 is 0 Å². The molecule has 1 aromatic rings. The van der Waals surface area contributed by atoms with E-state index in [1.165, 1.54) is 4.35 Å². The molecule has 2 heteroatoms. The monoisotopic (exact) mass is 179 g/mol. The van der Waals surface area contributed by atoms with Gasteiger partial charge in [0.25, 0.3) is 0 Å². The summed E-state index contributed by atoms with van der Waals surface area (Å²) in [7, 11) is 0. The predicted octanol–water partition coefficient (Wildman–Crippen LogP) is -0.183. The zero-order valence-electron chi connectivity index (χ0n) is 4.83. The van der Waals surface area contributed by atoms with Gasteiger partial charge in [-0.2, -0.15) is 0 Å². The number of hydrogen-bond acceptors (Lipinski definition) is 1. The fourth-order valence-corrected chi connectivity index (χ4v) is 0.961. The topological polar surface area (TPSA) is 23.8 Å². The van der Waals surface area contributed by atoms with Gasteiger partial charge in [-0.05, 0) is 0 Å². The molecule has 0 aliphatic rings. The summed E-state index contributed by atoms with van der Waals surface area (Å²) in [4.78, 5) is 0. The van der Waals surface area contributed by atoms with Crippen LogP contribution in [-0.2, 0) is 0 Å². The minimum atomic E-state index is 0.733. The SMILES string of the molecule is N#Cc1ccc([AsH2])cc1. The fourth-order valence-electron chi connectivity index (χ4n) is 0.558. The molecule has 44 valence electrons. The average molecular weight is 179 g/mol. The normalized spacial score (nSPS) is 8.44. The van der Waals surface area contributed by atoms with Crippen LogP contribution in [0.4, 0.5) is 0 Å². The number of nitrogens with zero attached hydrogens (tertiary/aromatic N) is 1. The van der Waals surface area contributed by atoms with Crippen molar-refractivity contribution in [3.63, 3.8) is 0 Å². The second-order valence-electron chi connectivity index (χ2n) is 1.73. The van der Waals surface area contributed by atoms with Gasteiger partial charge in [0.15, 0.2) is 0 Å². The first-order valence-electron chi connectivity index (χ1n) is 2.58. The Morgan fingerprint density at radius 1 is 1.22 bits per heavy atom. The number of hydrogen-bond donors (Lipinski definition) is 0. The zero-order chi connectivity index (χ0) is 6.69. The Morgan fingerprint density at radius 3 is 2.22 bits per heavy atom. The first kappa shape index (κ1) is 6.39. The Kier molecular flexibility index (Phi) is 1.92. The van der Waals surface area contributed by atoms with E-state index in [1.54, 1.807) is 16.9 Å². The molecular weight excluding hydrogens is 173 g/mol. The van der Waals surface area contributed by atoms with Gasteiger partial charge in [-0.3, -0.25) is 0 Å². The van der Waals surface area contributed by atoms with E-state index in [1.807, 2.05) is 24.3 Å². The summed E-state index contributed by atoms with van der Waals surface area (Å²) in [6, 6.07) is 9.64. The van der Waals surface area contributed by atoms with Crippen LogP contribution in [0.25, 0.3) is 0 Å². The summed E-state index contributed by atoms with van der Waals surface area (Å²) in [6.45, 7) is 0. The second kappa shape index (κ2) is 2.71. The van der Waals surface area contributed by atoms with Crippen molar-refractivity contribution in [3.05, 3.63) is 29.8 Å². The van der Waals surface area contributed by atoms with Crippen LogP contribution in [0.5, 0.6) is 0 Å². The summed E-state index contributed by atoms with van der Waals surface area (Å²) < 4.78 is 1.25. The summed E-state index contributed by atoms with van der Waals surface area (Å²) in [6.07, 6.45) is 0. The number of benzene rings is 1. The molecule has 0 bridgehead atoms. The Labute approximate surface area is 62.8 Å². The van der Waals surface area contributed by atoms with Gasteiger partial charge in [0, 0.05) is 0 Å². The third kappa shape index (κ3) is 1.59. The van der Waals surface area contributed by atoms with Crippen LogP contribution < -0.4 is 4.35 Å². The van der Waals surface area contributed by atoms with Gasteiger partial charge in [0.1, 0.15) is 0 Å². The first-order chi connectivity index (χ1) is 4.33. The molecule has 0 N–H and O–H groups in total. The molecule has 0 amide bonds. The van der Waals surface area contributed by atoms with E-state index in [0.29, 0.717) is 0 Å². The van der Waals surface area contributed by atoms with Crippen molar-refractivity contribution in [2.45, 2.75) is 0 Å². The van der Waals surface area contributed by atoms with Gasteiger partial charge in [0.05, 0.1) is 0 Å². The Balaban J connectivity index is 3.06.